The fourth-order valence-corrected chi connectivity index (χ4v) is 4.21. The number of fused-ring (bicyclic) bond motifs is 1. The van der Waals surface area contributed by atoms with Crippen LogP contribution < -0.4 is 0 Å². The topological polar surface area (TPSA) is 0 Å². The van der Waals surface area contributed by atoms with Crippen LogP contribution in [0, 0.1) is 0 Å². The largest absolute Gasteiger partial charge is 0.0778 e. The second-order valence-electron chi connectivity index (χ2n) is 2.35. The zero-order valence-electron chi connectivity index (χ0n) is 4.81. The Hall–Kier alpha value is 0.440. The Morgan fingerprint density at radius 2 is 2.75 bits per heavy atom. The number of rotatable bonds is 1. The fourth-order valence-electron chi connectivity index (χ4n) is 1.08. The average molecular weight is 144 g/mol. The molecule has 2 heteroatoms. The lowest BCUT2D eigenvalue weighted by Crippen LogP contribution is -1.93. The first kappa shape index (κ1) is 5.24. The molecule has 8 heavy (non-hydrogen) atoms. The molecule has 0 aromatic carbocycles. The smallest absolute Gasteiger partial charge is 0.0519 e. The van der Waals surface area contributed by atoms with E-state index in [1.54, 1.807) is 5.57 Å². The fraction of sp³-hybridized carbons (Fsp3) is 0.667. The summed E-state index contributed by atoms with van der Waals surface area (Å²) in [5, 5.41) is 2.31. The molecule has 2 rings (SSSR count). The van der Waals surface area contributed by atoms with Crippen LogP contribution in [0.25, 0.3) is 0 Å². The van der Waals surface area contributed by atoms with Crippen LogP contribution in [-0.4, -0.2) is 4.75 Å². The average Bonchev–Trinajstić information content (AvgIpc) is 2.38. The SMILES string of the molecule is CCC12CC1=CSS2. The van der Waals surface area contributed by atoms with Gasteiger partial charge in [0.15, 0.2) is 0 Å². The molecule has 0 radical (unpaired) electrons. The molecule has 2 aliphatic rings. The van der Waals surface area contributed by atoms with E-state index in [1.807, 2.05) is 21.6 Å². The van der Waals surface area contributed by atoms with Gasteiger partial charge in [0.2, 0.25) is 0 Å². The van der Waals surface area contributed by atoms with Crippen molar-refractivity contribution in [1.29, 1.82) is 0 Å². The molecule has 1 saturated carbocycles. The van der Waals surface area contributed by atoms with Gasteiger partial charge in [-0.1, -0.05) is 28.5 Å². The lowest BCUT2D eigenvalue weighted by atomic mass is 10.3. The zero-order valence-corrected chi connectivity index (χ0v) is 6.44. The molecule has 1 unspecified atom stereocenters. The molecule has 0 aromatic heterocycles. The minimum Gasteiger partial charge on any atom is -0.0778 e. The van der Waals surface area contributed by atoms with Gasteiger partial charge < -0.3 is 0 Å². The van der Waals surface area contributed by atoms with Gasteiger partial charge in [-0.2, -0.15) is 0 Å². The Morgan fingerprint density at radius 1 is 1.88 bits per heavy atom. The summed E-state index contributed by atoms with van der Waals surface area (Å²) in [6, 6.07) is 0. The lowest BCUT2D eigenvalue weighted by molar-refractivity contribution is 0.885. The quantitative estimate of drug-likeness (QED) is 0.519. The van der Waals surface area contributed by atoms with E-state index in [9.17, 15) is 0 Å². The van der Waals surface area contributed by atoms with Crippen LogP contribution in [-0.2, 0) is 0 Å². The van der Waals surface area contributed by atoms with Crippen molar-refractivity contribution < 1.29 is 0 Å². The summed E-state index contributed by atoms with van der Waals surface area (Å²) in [5.74, 6) is 0. The molecule has 0 nitrogen and oxygen atoms in total. The van der Waals surface area contributed by atoms with E-state index in [-0.39, 0.29) is 0 Å². The minimum absolute atomic E-state index is 0.644. The van der Waals surface area contributed by atoms with Crippen molar-refractivity contribution in [2.75, 3.05) is 0 Å². The molecule has 1 atom stereocenters. The highest BCUT2D eigenvalue weighted by atomic mass is 33.1. The van der Waals surface area contributed by atoms with Gasteiger partial charge in [0.1, 0.15) is 0 Å². The first-order valence-corrected chi connectivity index (χ1v) is 5.13. The Bertz CT molecular complexity index is 151. The van der Waals surface area contributed by atoms with Crippen LogP contribution in [0.15, 0.2) is 11.0 Å². The van der Waals surface area contributed by atoms with Crippen molar-refractivity contribution in [2.24, 2.45) is 0 Å². The van der Waals surface area contributed by atoms with E-state index < -0.39 is 0 Å². The molecule has 1 heterocycles. The van der Waals surface area contributed by atoms with Gasteiger partial charge >= 0.3 is 0 Å². The minimum atomic E-state index is 0.644. The maximum absolute atomic E-state index is 2.31. The second-order valence-corrected chi connectivity index (χ2v) is 4.80. The molecule has 1 aliphatic heterocycles. The van der Waals surface area contributed by atoms with Gasteiger partial charge in [0.25, 0.3) is 0 Å². The van der Waals surface area contributed by atoms with Crippen molar-refractivity contribution in [2.45, 2.75) is 24.5 Å². The highest BCUT2D eigenvalue weighted by molar-refractivity contribution is 8.79. The predicted octanol–water partition coefficient (Wildman–Crippen LogP) is 2.82. The summed E-state index contributed by atoms with van der Waals surface area (Å²) in [6.07, 6.45) is 2.71. The molecular formula is C6H8S2. The van der Waals surface area contributed by atoms with Crippen molar-refractivity contribution in [1.82, 2.24) is 0 Å². The van der Waals surface area contributed by atoms with E-state index >= 15 is 0 Å². The van der Waals surface area contributed by atoms with Crippen LogP contribution in [0.2, 0.25) is 0 Å². The normalized spacial score (nSPS) is 41.4. The number of hydrogen-bond donors (Lipinski definition) is 0. The summed E-state index contributed by atoms with van der Waals surface area (Å²) in [4.78, 5) is 0. The molecule has 1 fully saturated rings. The zero-order chi connectivity index (χ0) is 5.61. The van der Waals surface area contributed by atoms with E-state index in [0.717, 1.165) is 0 Å². The van der Waals surface area contributed by atoms with Crippen LogP contribution in [0.5, 0.6) is 0 Å². The Labute approximate surface area is 57.5 Å². The Balaban J connectivity index is 2.22. The Morgan fingerprint density at radius 3 is 3.00 bits per heavy atom. The van der Waals surface area contributed by atoms with Crippen LogP contribution in [0.3, 0.4) is 0 Å². The van der Waals surface area contributed by atoms with Crippen LogP contribution in [0.4, 0.5) is 0 Å². The highest BCUT2D eigenvalue weighted by Gasteiger charge is 2.51. The monoisotopic (exact) mass is 144 g/mol. The molecule has 0 N–H and O–H groups in total. The summed E-state index contributed by atoms with van der Waals surface area (Å²) in [6.45, 7) is 2.28. The van der Waals surface area contributed by atoms with Gasteiger partial charge in [0, 0.05) is 0 Å². The van der Waals surface area contributed by atoms with E-state index in [2.05, 4.69) is 12.3 Å². The molecule has 0 spiro atoms. The van der Waals surface area contributed by atoms with Crippen molar-refractivity contribution in [3.8, 4) is 0 Å². The first-order valence-electron chi connectivity index (χ1n) is 2.91. The summed E-state index contributed by atoms with van der Waals surface area (Å²) in [7, 11) is 3.95. The molecule has 44 valence electrons. The molecule has 1 aliphatic carbocycles. The van der Waals surface area contributed by atoms with Gasteiger partial charge in [-0.25, -0.2) is 0 Å². The second kappa shape index (κ2) is 1.48. The van der Waals surface area contributed by atoms with Crippen LogP contribution in [0.1, 0.15) is 19.8 Å². The van der Waals surface area contributed by atoms with Crippen molar-refractivity contribution in [3.05, 3.63) is 11.0 Å². The van der Waals surface area contributed by atoms with Gasteiger partial charge in [0.05, 0.1) is 4.75 Å². The standard InChI is InChI=1S/C6H8S2/c1-2-6-3-5(6)4-7-8-6/h4H,2-3H2,1H3. The Kier molecular flexibility index (Phi) is 0.970. The van der Waals surface area contributed by atoms with E-state index in [0.29, 0.717) is 4.75 Å². The molecule has 0 aromatic rings. The third kappa shape index (κ3) is 0.504. The summed E-state index contributed by atoms with van der Waals surface area (Å²) < 4.78 is 0.644. The van der Waals surface area contributed by atoms with Crippen LogP contribution >= 0.6 is 21.6 Å². The maximum atomic E-state index is 2.31. The van der Waals surface area contributed by atoms with Gasteiger partial charge in [-0.05, 0) is 23.8 Å². The van der Waals surface area contributed by atoms with Gasteiger partial charge in [-0.15, -0.1) is 0 Å². The summed E-state index contributed by atoms with van der Waals surface area (Å²) >= 11 is 0. The highest BCUT2D eigenvalue weighted by Crippen LogP contribution is 2.66. The molecule has 0 saturated heterocycles. The molecular weight excluding hydrogens is 136 g/mol. The molecule has 0 amide bonds. The predicted molar refractivity (Wildman–Crippen MR) is 40.9 cm³/mol. The van der Waals surface area contributed by atoms with Crippen molar-refractivity contribution in [3.63, 3.8) is 0 Å². The summed E-state index contributed by atoms with van der Waals surface area (Å²) in [5.41, 5.74) is 1.69. The third-order valence-corrected chi connectivity index (χ3v) is 4.93. The first-order chi connectivity index (χ1) is 3.87. The van der Waals surface area contributed by atoms with E-state index in [4.69, 9.17) is 0 Å². The maximum Gasteiger partial charge on any atom is 0.0519 e. The van der Waals surface area contributed by atoms with E-state index in [1.165, 1.54) is 12.8 Å². The van der Waals surface area contributed by atoms with Crippen molar-refractivity contribution >= 4 is 21.6 Å². The lowest BCUT2D eigenvalue weighted by Gasteiger charge is -2.01. The number of hydrogen-bond acceptors (Lipinski definition) is 2. The molecule has 0 bridgehead atoms. The van der Waals surface area contributed by atoms with Gasteiger partial charge in [-0.3, -0.25) is 0 Å². The third-order valence-electron chi connectivity index (χ3n) is 1.91.